The van der Waals surface area contributed by atoms with E-state index in [4.69, 9.17) is 9.68 Å². The van der Waals surface area contributed by atoms with Crippen LogP contribution in [0.2, 0.25) is 6.32 Å². The molecular formula is C6H15BO2. The van der Waals surface area contributed by atoms with Crippen molar-refractivity contribution in [3.8, 4) is 0 Å². The van der Waals surface area contributed by atoms with Crippen LogP contribution in [0.1, 0.15) is 20.8 Å². The van der Waals surface area contributed by atoms with Gasteiger partial charge in [-0.15, -0.1) is 0 Å². The summed E-state index contributed by atoms with van der Waals surface area (Å²) < 4.78 is 4.82. The zero-order valence-corrected chi connectivity index (χ0v) is 6.42. The Hall–Kier alpha value is -0.0151. The van der Waals surface area contributed by atoms with Crippen molar-refractivity contribution in [2.75, 3.05) is 6.61 Å². The molecule has 1 saturated heterocycles. The van der Waals surface area contributed by atoms with Gasteiger partial charge in [0.15, 0.2) is 0 Å². The first-order valence-corrected chi connectivity index (χ1v) is 3.58. The Balaban J connectivity index is 0.000000291. The van der Waals surface area contributed by atoms with Gasteiger partial charge in [-0.05, 0) is 12.2 Å². The van der Waals surface area contributed by atoms with Crippen LogP contribution in [0.3, 0.4) is 0 Å². The van der Waals surface area contributed by atoms with Gasteiger partial charge in [0.25, 0.3) is 0 Å². The maximum atomic E-state index is 8.68. The summed E-state index contributed by atoms with van der Waals surface area (Å²) in [6.07, 6.45) is 0.806. The summed E-state index contributed by atoms with van der Waals surface area (Å²) in [4.78, 5) is 0. The van der Waals surface area contributed by atoms with Gasteiger partial charge in [-0.3, -0.25) is 0 Å². The summed E-state index contributed by atoms with van der Waals surface area (Å²) in [6, 6.07) is 0. The first-order chi connectivity index (χ1) is 4.29. The molecule has 0 aliphatic carbocycles. The van der Waals surface area contributed by atoms with Gasteiger partial charge in [-0.1, -0.05) is 20.8 Å². The van der Waals surface area contributed by atoms with Gasteiger partial charge < -0.3 is 9.68 Å². The number of hydrogen-bond acceptors (Lipinski definition) is 2. The summed E-state index contributed by atoms with van der Waals surface area (Å²) in [5.41, 5.74) is 0. The van der Waals surface area contributed by atoms with Crippen molar-refractivity contribution in [2.45, 2.75) is 27.1 Å². The van der Waals surface area contributed by atoms with Gasteiger partial charge in [0.05, 0.1) is 0 Å². The minimum Gasteiger partial charge on any atom is -0.427 e. The van der Waals surface area contributed by atoms with Gasteiger partial charge >= 0.3 is 7.12 Å². The first-order valence-electron chi connectivity index (χ1n) is 3.58. The Kier molecular flexibility index (Phi) is 4.82. The zero-order chi connectivity index (χ0) is 7.28. The molecule has 0 saturated carbocycles. The lowest BCUT2D eigenvalue weighted by molar-refractivity contribution is 0.280. The largest absolute Gasteiger partial charge is 0.454 e. The lowest BCUT2D eigenvalue weighted by atomic mass is 9.83. The smallest absolute Gasteiger partial charge is 0.427 e. The third-order valence-corrected chi connectivity index (χ3v) is 1.18. The highest BCUT2D eigenvalue weighted by Crippen LogP contribution is 2.13. The van der Waals surface area contributed by atoms with Crippen molar-refractivity contribution in [1.82, 2.24) is 0 Å². The second-order valence-corrected chi connectivity index (χ2v) is 2.13. The Morgan fingerprint density at radius 1 is 1.56 bits per heavy atom. The SMILES string of the molecule is CC.C[C@H]1COB(O)C1. The van der Waals surface area contributed by atoms with E-state index in [1.807, 2.05) is 13.8 Å². The molecule has 0 aromatic rings. The third-order valence-electron chi connectivity index (χ3n) is 1.18. The van der Waals surface area contributed by atoms with Crippen molar-refractivity contribution in [1.29, 1.82) is 0 Å². The van der Waals surface area contributed by atoms with Crippen LogP contribution >= 0.6 is 0 Å². The quantitative estimate of drug-likeness (QED) is 0.498. The van der Waals surface area contributed by atoms with Crippen LogP contribution in [0.15, 0.2) is 0 Å². The van der Waals surface area contributed by atoms with E-state index in [0.29, 0.717) is 5.92 Å². The highest BCUT2D eigenvalue weighted by molar-refractivity contribution is 6.43. The van der Waals surface area contributed by atoms with Crippen LogP contribution in [0.25, 0.3) is 0 Å². The van der Waals surface area contributed by atoms with Gasteiger partial charge in [0.2, 0.25) is 0 Å². The molecule has 0 unspecified atom stereocenters. The molecule has 1 atom stereocenters. The second-order valence-electron chi connectivity index (χ2n) is 2.13. The van der Waals surface area contributed by atoms with Crippen LogP contribution in [-0.4, -0.2) is 18.7 Å². The Bertz CT molecular complexity index is 60.1. The highest BCUT2D eigenvalue weighted by atomic mass is 16.5. The fourth-order valence-electron chi connectivity index (χ4n) is 0.756. The molecule has 0 spiro atoms. The summed E-state index contributed by atoms with van der Waals surface area (Å²) >= 11 is 0. The van der Waals surface area contributed by atoms with E-state index in [2.05, 4.69) is 6.92 Å². The molecule has 9 heavy (non-hydrogen) atoms. The maximum Gasteiger partial charge on any atom is 0.454 e. The summed E-state index contributed by atoms with van der Waals surface area (Å²) in [7, 11) is -0.477. The molecule has 2 nitrogen and oxygen atoms in total. The van der Waals surface area contributed by atoms with Crippen LogP contribution in [-0.2, 0) is 4.65 Å². The van der Waals surface area contributed by atoms with Gasteiger partial charge in [0.1, 0.15) is 0 Å². The van der Waals surface area contributed by atoms with Gasteiger partial charge in [-0.2, -0.15) is 0 Å². The van der Waals surface area contributed by atoms with Gasteiger partial charge in [-0.25, -0.2) is 0 Å². The molecule has 1 N–H and O–H groups in total. The molecule has 0 radical (unpaired) electrons. The molecule has 1 aliphatic heterocycles. The average molecular weight is 130 g/mol. The van der Waals surface area contributed by atoms with E-state index in [0.717, 1.165) is 12.9 Å². The van der Waals surface area contributed by atoms with Crippen LogP contribution in [0.4, 0.5) is 0 Å². The highest BCUT2D eigenvalue weighted by Gasteiger charge is 2.24. The lowest BCUT2D eigenvalue weighted by Crippen LogP contribution is -2.07. The van der Waals surface area contributed by atoms with Crippen molar-refractivity contribution in [2.24, 2.45) is 5.92 Å². The number of rotatable bonds is 0. The van der Waals surface area contributed by atoms with Crippen LogP contribution in [0.5, 0.6) is 0 Å². The Labute approximate surface area is 57.4 Å². The number of hydrogen-bond donors (Lipinski definition) is 1. The predicted molar refractivity (Wildman–Crippen MR) is 39.2 cm³/mol. The zero-order valence-electron chi connectivity index (χ0n) is 6.42. The molecular weight excluding hydrogens is 115 g/mol. The predicted octanol–water partition coefficient (Wildman–Crippen LogP) is 1.16. The molecule has 0 amide bonds. The fourth-order valence-corrected chi connectivity index (χ4v) is 0.756. The summed E-state index contributed by atoms with van der Waals surface area (Å²) in [6.45, 7) is 6.79. The minimum atomic E-state index is -0.477. The van der Waals surface area contributed by atoms with E-state index >= 15 is 0 Å². The van der Waals surface area contributed by atoms with Crippen LogP contribution in [0, 0.1) is 5.92 Å². The Morgan fingerprint density at radius 3 is 2.22 bits per heavy atom. The van der Waals surface area contributed by atoms with E-state index in [1.54, 1.807) is 0 Å². The standard InChI is InChI=1S/C4H9BO2.C2H6/c1-4-2-5(6)7-3-4;1-2/h4,6H,2-3H2,1H3;1-2H3/t4-;/m1./s1. The normalized spacial score (nSPS) is 25.3. The Morgan fingerprint density at radius 2 is 2.11 bits per heavy atom. The summed E-state index contributed by atoms with van der Waals surface area (Å²) in [5.74, 6) is 0.551. The summed E-state index contributed by atoms with van der Waals surface area (Å²) in [5, 5.41) is 8.68. The van der Waals surface area contributed by atoms with E-state index in [9.17, 15) is 0 Å². The molecule has 0 bridgehead atoms. The maximum absolute atomic E-state index is 8.68. The molecule has 3 heteroatoms. The first kappa shape index (κ1) is 8.98. The van der Waals surface area contributed by atoms with Crippen molar-refractivity contribution >= 4 is 7.12 Å². The molecule has 1 heterocycles. The molecule has 0 aromatic heterocycles. The van der Waals surface area contributed by atoms with Gasteiger partial charge in [0, 0.05) is 6.61 Å². The monoisotopic (exact) mass is 130 g/mol. The van der Waals surface area contributed by atoms with Crippen molar-refractivity contribution in [3.63, 3.8) is 0 Å². The van der Waals surface area contributed by atoms with E-state index < -0.39 is 7.12 Å². The molecule has 54 valence electrons. The molecule has 0 aromatic carbocycles. The second kappa shape index (κ2) is 4.83. The van der Waals surface area contributed by atoms with Crippen LogP contribution < -0.4 is 0 Å². The topological polar surface area (TPSA) is 29.5 Å². The third kappa shape index (κ3) is 3.54. The van der Waals surface area contributed by atoms with E-state index in [-0.39, 0.29) is 0 Å². The average Bonchev–Trinajstić information content (AvgIpc) is 2.20. The van der Waals surface area contributed by atoms with E-state index in [1.165, 1.54) is 0 Å². The lowest BCUT2D eigenvalue weighted by Gasteiger charge is -1.90. The molecule has 1 rings (SSSR count). The van der Waals surface area contributed by atoms with Crippen molar-refractivity contribution < 1.29 is 9.68 Å². The van der Waals surface area contributed by atoms with Crippen molar-refractivity contribution in [3.05, 3.63) is 0 Å². The molecule has 1 fully saturated rings. The molecule has 1 aliphatic rings. The fraction of sp³-hybridized carbons (Fsp3) is 1.00. The minimum absolute atomic E-state index is 0.477.